The first kappa shape index (κ1) is 12.3. The molecule has 0 aliphatic carbocycles. The monoisotopic (exact) mass is 264 g/mol. The van der Waals surface area contributed by atoms with Gasteiger partial charge in [-0.1, -0.05) is 18.2 Å². The van der Waals surface area contributed by atoms with Crippen molar-refractivity contribution in [2.45, 2.75) is 0 Å². The Morgan fingerprint density at radius 1 is 1.44 bits per heavy atom. The molecule has 18 heavy (non-hydrogen) atoms. The Labute approximate surface area is 103 Å². The quantitative estimate of drug-likeness (QED) is 0.640. The fraction of sp³-hybridized carbons (Fsp3) is 0. The van der Waals surface area contributed by atoms with Crippen molar-refractivity contribution in [1.82, 2.24) is 9.78 Å². The van der Waals surface area contributed by atoms with Gasteiger partial charge in [-0.2, -0.15) is 15.0 Å². The summed E-state index contributed by atoms with van der Waals surface area (Å²) in [6.45, 7) is 0. The van der Waals surface area contributed by atoms with Gasteiger partial charge in [0.05, 0.1) is 5.69 Å². The molecule has 1 unspecified atom stereocenters. The molecule has 0 bridgehead atoms. The van der Waals surface area contributed by atoms with Crippen molar-refractivity contribution in [3.8, 4) is 11.8 Å². The molecule has 7 nitrogen and oxygen atoms in total. The number of hydrogen-bond acceptors (Lipinski definition) is 5. The summed E-state index contributed by atoms with van der Waals surface area (Å²) in [5.41, 5.74) is 3.16. The van der Waals surface area contributed by atoms with Crippen LogP contribution in [0.3, 0.4) is 0 Å². The lowest BCUT2D eigenvalue weighted by molar-refractivity contribution is 0.336. The zero-order chi connectivity index (χ0) is 13.0. The highest BCUT2D eigenvalue weighted by atomic mass is 31.1. The van der Waals surface area contributed by atoms with Gasteiger partial charge in [-0.25, -0.2) is 10.2 Å². The first-order valence-corrected chi connectivity index (χ1v) is 6.18. The highest BCUT2D eigenvalue weighted by Crippen LogP contribution is 2.21. The van der Waals surface area contributed by atoms with E-state index in [4.69, 9.17) is 10.2 Å². The highest BCUT2D eigenvalue weighted by molar-refractivity contribution is 7.32. The Morgan fingerprint density at radius 3 is 2.78 bits per heavy atom. The minimum absolute atomic E-state index is 0.169. The van der Waals surface area contributed by atoms with E-state index in [1.807, 2.05) is 24.3 Å². The molecule has 1 heterocycles. The Balaban J connectivity index is 2.37. The molecule has 2 rings (SSSR count). The molecule has 1 atom stereocenters. The van der Waals surface area contributed by atoms with Gasteiger partial charge in [-0.3, -0.25) is 4.57 Å². The number of hydrogen-bond donors (Lipinski definition) is 2. The van der Waals surface area contributed by atoms with Gasteiger partial charge in [0.25, 0.3) is 0 Å². The van der Waals surface area contributed by atoms with Crippen molar-refractivity contribution in [2.75, 3.05) is 5.48 Å². The van der Waals surface area contributed by atoms with Crippen LogP contribution in [0.2, 0.25) is 0 Å². The van der Waals surface area contributed by atoms with Gasteiger partial charge in [0, 0.05) is 6.07 Å². The van der Waals surface area contributed by atoms with Crippen LogP contribution in [0.1, 0.15) is 5.69 Å². The normalized spacial score (nSPS) is 11.8. The van der Waals surface area contributed by atoms with Crippen LogP contribution in [0.4, 0.5) is 5.82 Å². The molecular weight excluding hydrogens is 255 g/mol. The summed E-state index contributed by atoms with van der Waals surface area (Å²) in [6, 6.07) is 12.3. The average Bonchev–Trinajstić information content (AvgIpc) is 2.80. The van der Waals surface area contributed by atoms with E-state index >= 15 is 0 Å². The Hall–Kier alpha value is -2.13. The van der Waals surface area contributed by atoms with Crippen molar-refractivity contribution >= 4 is 14.1 Å². The van der Waals surface area contributed by atoms with Gasteiger partial charge in [0.1, 0.15) is 6.07 Å². The summed E-state index contributed by atoms with van der Waals surface area (Å²) in [6.07, 6.45) is 0. The molecule has 8 heteroatoms. The molecule has 0 saturated heterocycles. The Kier molecular flexibility index (Phi) is 3.75. The van der Waals surface area contributed by atoms with Gasteiger partial charge < -0.3 is 4.89 Å². The molecule has 1 aromatic carbocycles. The number of anilines is 1. The molecule has 2 aromatic rings. The molecule has 2 N–H and O–H groups in total. The lowest BCUT2D eigenvalue weighted by atomic mass is 10.3. The van der Waals surface area contributed by atoms with Crippen LogP contribution in [0, 0.1) is 11.3 Å². The third-order valence-corrected chi connectivity index (χ3v) is 2.34. The maximum Gasteiger partial charge on any atom is 0.337 e. The van der Waals surface area contributed by atoms with Crippen molar-refractivity contribution in [1.29, 1.82) is 5.26 Å². The Bertz CT molecular complexity index is 605. The lowest BCUT2D eigenvalue weighted by Gasteiger charge is -2.07. The Morgan fingerprint density at radius 2 is 2.17 bits per heavy atom. The smallest absolute Gasteiger partial charge is 0.325 e. The fourth-order valence-electron chi connectivity index (χ4n) is 1.37. The minimum Gasteiger partial charge on any atom is -0.325 e. The van der Waals surface area contributed by atoms with Gasteiger partial charge in [-0.05, 0) is 12.1 Å². The van der Waals surface area contributed by atoms with Crippen molar-refractivity contribution in [3.63, 3.8) is 0 Å². The predicted octanol–water partition coefficient (Wildman–Crippen LogP) is 1.47. The van der Waals surface area contributed by atoms with E-state index < -0.39 is 8.25 Å². The van der Waals surface area contributed by atoms with Crippen LogP contribution in [-0.2, 0) is 9.19 Å². The molecule has 0 amide bonds. The minimum atomic E-state index is -3.11. The molecule has 0 fully saturated rings. The first-order chi connectivity index (χ1) is 8.70. The van der Waals surface area contributed by atoms with E-state index in [0.717, 1.165) is 0 Å². The number of nitrogens with one attached hydrogen (secondary N) is 1. The number of rotatable bonds is 4. The van der Waals surface area contributed by atoms with E-state index in [9.17, 15) is 4.57 Å². The SMILES string of the molecule is N#Cc1cc(NO[PH](=O)O)n(-c2ccccc2)n1. The summed E-state index contributed by atoms with van der Waals surface area (Å²) in [4.78, 5) is 8.61. The highest BCUT2D eigenvalue weighted by Gasteiger charge is 2.09. The summed E-state index contributed by atoms with van der Waals surface area (Å²) in [5, 5.41) is 12.8. The molecule has 0 radical (unpaired) electrons. The van der Waals surface area contributed by atoms with Crippen LogP contribution in [-0.4, -0.2) is 14.7 Å². The molecule has 0 saturated carbocycles. The van der Waals surface area contributed by atoms with E-state index in [0.29, 0.717) is 11.5 Å². The van der Waals surface area contributed by atoms with Crippen molar-refractivity contribution < 1.29 is 14.1 Å². The second kappa shape index (κ2) is 5.47. The third kappa shape index (κ3) is 2.76. The van der Waals surface area contributed by atoms with Crippen molar-refractivity contribution in [2.24, 2.45) is 0 Å². The zero-order valence-electron chi connectivity index (χ0n) is 9.07. The van der Waals surface area contributed by atoms with Crippen LogP contribution in [0.25, 0.3) is 5.69 Å². The van der Waals surface area contributed by atoms with Crippen molar-refractivity contribution in [3.05, 3.63) is 42.1 Å². The van der Waals surface area contributed by atoms with E-state index in [2.05, 4.69) is 15.2 Å². The van der Waals surface area contributed by atoms with Gasteiger partial charge in [0.15, 0.2) is 11.5 Å². The number of nitrogens with zero attached hydrogens (tertiary/aromatic N) is 3. The summed E-state index contributed by atoms with van der Waals surface area (Å²) < 4.78 is 16.3. The number of nitriles is 1. The topological polar surface area (TPSA) is 100 Å². The standard InChI is InChI=1S/C10H9N4O3P/c11-7-8-6-10(13-17-18(15)16)14(12-8)9-4-2-1-3-5-9/h1-6,13,18H,(H,15,16). The second-order valence-corrected chi connectivity index (χ2v) is 3.98. The molecule has 0 aliphatic rings. The van der Waals surface area contributed by atoms with Gasteiger partial charge in [-0.15, -0.1) is 0 Å². The van der Waals surface area contributed by atoms with E-state index in [-0.39, 0.29) is 5.69 Å². The van der Waals surface area contributed by atoms with Gasteiger partial charge in [0.2, 0.25) is 0 Å². The zero-order valence-corrected chi connectivity index (χ0v) is 10.1. The summed E-state index contributed by atoms with van der Waals surface area (Å²) in [7, 11) is -3.11. The van der Waals surface area contributed by atoms with Crippen LogP contribution < -0.4 is 5.48 Å². The summed E-state index contributed by atoms with van der Waals surface area (Å²) in [5.74, 6) is 0.296. The maximum absolute atomic E-state index is 10.5. The van der Waals surface area contributed by atoms with Crippen LogP contribution >= 0.6 is 8.25 Å². The van der Waals surface area contributed by atoms with Crippen LogP contribution in [0.15, 0.2) is 36.4 Å². The second-order valence-electron chi connectivity index (χ2n) is 3.24. The maximum atomic E-state index is 10.5. The third-order valence-electron chi connectivity index (χ3n) is 2.07. The first-order valence-electron chi connectivity index (χ1n) is 4.92. The molecular formula is C10H9N4O3P. The lowest BCUT2D eigenvalue weighted by Crippen LogP contribution is -2.04. The molecule has 92 valence electrons. The number of para-hydroxylation sites is 1. The summed E-state index contributed by atoms with van der Waals surface area (Å²) >= 11 is 0. The van der Waals surface area contributed by atoms with E-state index in [1.54, 1.807) is 12.1 Å². The van der Waals surface area contributed by atoms with Crippen LogP contribution in [0.5, 0.6) is 0 Å². The molecule has 0 spiro atoms. The molecule has 1 aromatic heterocycles. The largest absolute Gasteiger partial charge is 0.337 e. The number of benzene rings is 1. The fourth-order valence-corrected chi connectivity index (χ4v) is 1.56. The van der Waals surface area contributed by atoms with Gasteiger partial charge >= 0.3 is 8.25 Å². The average molecular weight is 264 g/mol. The number of aromatic nitrogens is 2. The van der Waals surface area contributed by atoms with E-state index in [1.165, 1.54) is 10.7 Å². The molecule has 0 aliphatic heterocycles. The predicted molar refractivity (Wildman–Crippen MR) is 64.2 cm³/mol.